The van der Waals surface area contributed by atoms with E-state index in [0.29, 0.717) is 29.6 Å². The van der Waals surface area contributed by atoms with E-state index < -0.39 is 0 Å². The summed E-state index contributed by atoms with van der Waals surface area (Å²) in [6, 6.07) is 15.7. The summed E-state index contributed by atoms with van der Waals surface area (Å²) >= 11 is 5.33. The largest absolute Gasteiger partial charge is 0.497 e. The maximum absolute atomic E-state index is 9.47. The Labute approximate surface area is 175 Å². The molecule has 0 aliphatic carbocycles. The minimum absolute atomic E-state index is 0.512. The molecule has 0 aliphatic heterocycles. The van der Waals surface area contributed by atoms with Gasteiger partial charge in [0.25, 0.3) is 0 Å². The highest BCUT2D eigenvalue weighted by Gasteiger charge is 2.09. The fourth-order valence-corrected chi connectivity index (χ4v) is 3.16. The van der Waals surface area contributed by atoms with Gasteiger partial charge in [-0.15, -0.1) is 0 Å². The summed E-state index contributed by atoms with van der Waals surface area (Å²) in [6.45, 7) is 5.25. The first-order chi connectivity index (χ1) is 14.0. The Hall–Kier alpha value is -3.37. The second kappa shape index (κ2) is 9.22. The lowest BCUT2D eigenvalue weighted by molar-refractivity contribution is 0.415. The van der Waals surface area contributed by atoms with Gasteiger partial charge in [-0.05, 0) is 55.4 Å². The first-order valence-corrected chi connectivity index (χ1v) is 9.66. The molecule has 0 amide bonds. The number of pyridine rings is 1. The Morgan fingerprint density at radius 1 is 1.17 bits per heavy atom. The van der Waals surface area contributed by atoms with Crippen LogP contribution in [-0.4, -0.2) is 30.3 Å². The number of fused-ring (bicyclic) bond motifs is 1. The van der Waals surface area contributed by atoms with E-state index in [-0.39, 0.29) is 0 Å². The molecule has 0 spiro atoms. The summed E-state index contributed by atoms with van der Waals surface area (Å²) in [5, 5.41) is 20.4. The number of thiocarbonyl (C=S) groups is 1. The van der Waals surface area contributed by atoms with Crippen LogP contribution >= 0.6 is 12.2 Å². The van der Waals surface area contributed by atoms with Crippen LogP contribution in [0.4, 0.5) is 11.5 Å². The van der Waals surface area contributed by atoms with Gasteiger partial charge in [0.05, 0.1) is 18.2 Å². The van der Waals surface area contributed by atoms with Gasteiger partial charge in [0.1, 0.15) is 17.6 Å². The van der Waals surface area contributed by atoms with Crippen molar-refractivity contribution in [1.29, 1.82) is 5.26 Å². The van der Waals surface area contributed by atoms with Gasteiger partial charge in [0.15, 0.2) is 5.11 Å². The summed E-state index contributed by atoms with van der Waals surface area (Å²) in [5.74, 6) is 1.35. The molecule has 7 heteroatoms. The predicted octanol–water partition coefficient (Wildman–Crippen LogP) is 4.13. The van der Waals surface area contributed by atoms with Crippen molar-refractivity contribution in [2.24, 2.45) is 0 Å². The lowest BCUT2D eigenvalue weighted by Gasteiger charge is -2.13. The number of hydrogen-bond donors (Lipinski definition) is 3. The SMILES string of the molecule is COc1cccc(NC(=S)NCCNc2nc3c(C)c(C)ccc3cc2C#N)c1. The van der Waals surface area contributed by atoms with Crippen molar-refractivity contribution < 1.29 is 4.74 Å². The number of nitriles is 1. The number of aryl methyl sites for hydroxylation is 2. The zero-order valence-electron chi connectivity index (χ0n) is 16.7. The molecular weight excluding hydrogens is 382 g/mol. The highest BCUT2D eigenvalue weighted by atomic mass is 32.1. The molecule has 29 heavy (non-hydrogen) atoms. The summed E-state index contributed by atoms with van der Waals surface area (Å²) in [6.07, 6.45) is 0. The fraction of sp³-hybridized carbons (Fsp3) is 0.227. The number of nitrogens with one attached hydrogen (secondary N) is 3. The van der Waals surface area contributed by atoms with E-state index >= 15 is 0 Å². The van der Waals surface area contributed by atoms with Crippen LogP contribution in [0.25, 0.3) is 10.9 Å². The van der Waals surface area contributed by atoms with Crippen LogP contribution in [0.3, 0.4) is 0 Å². The number of aromatic nitrogens is 1. The van der Waals surface area contributed by atoms with Crippen LogP contribution in [0.2, 0.25) is 0 Å². The summed E-state index contributed by atoms with van der Waals surface area (Å²) in [7, 11) is 1.63. The van der Waals surface area contributed by atoms with Crippen LogP contribution in [0.5, 0.6) is 5.75 Å². The zero-order valence-corrected chi connectivity index (χ0v) is 17.5. The third-order valence-electron chi connectivity index (χ3n) is 4.66. The molecule has 0 atom stereocenters. The van der Waals surface area contributed by atoms with Crippen LogP contribution in [0, 0.1) is 25.2 Å². The molecule has 0 saturated carbocycles. The number of anilines is 2. The normalized spacial score (nSPS) is 10.3. The van der Waals surface area contributed by atoms with Crippen molar-refractivity contribution in [3.8, 4) is 11.8 Å². The molecular formula is C22H23N5OS. The molecule has 0 radical (unpaired) electrons. The average molecular weight is 406 g/mol. The fourth-order valence-electron chi connectivity index (χ4n) is 2.94. The molecule has 3 N–H and O–H groups in total. The Kier molecular flexibility index (Phi) is 6.47. The molecule has 3 aromatic rings. The topological polar surface area (TPSA) is 82.0 Å². The minimum atomic E-state index is 0.512. The van der Waals surface area contributed by atoms with Gasteiger partial charge in [-0.1, -0.05) is 18.2 Å². The van der Waals surface area contributed by atoms with E-state index in [1.165, 1.54) is 5.56 Å². The lowest BCUT2D eigenvalue weighted by Crippen LogP contribution is -2.32. The number of ether oxygens (including phenoxy) is 1. The molecule has 0 fully saturated rings. The molecule has 2 aromatic carbocycles. The molecule has 0 bridgehead atoms. The van der Waals surface area contributed by atoms with E-state index in [9.17, 15) is 5.26 Å². The van der Waals surface area contributed by atoms with Gasteiger partial charge < -0.3 is 20.7 Å². The molecule has 148 valence electrons. The van der Waals surface area contributed by atoms with Gasteiger partial charge in [-0.25, -0.2) is 4.98 Å². The number of hydrogen-bond acceptors (Lipinski definition) is 5. The van der Waals surface area contributed by atoms with Gasteiger partial charge in [-0.2, -0.15) is 5.26 Å². The van der Waals surface area contributed by atoms with Crippen LogP contribution < -0.4 is 20.7 Å². The molecule has 0 aliphatic rings. The Morgan fingerprint density at radius 2 is 2.00 bits per heavy atom. The average Bonchev–Trinajstić information content (AvgIpc) is 2.73. The van der Waals surface area contributed by atoms with E-state index in [4.69, 9.17) is 17.0 Å². The monoisotopic (exact) mass is 405 g/mol. The highest BCUT2D eigenvalue weighted by Crippen LogP contribution is 2.24. The third kappa shape index (κ3) is 4.92. The summed E-state index contributed by atoms with van der Waals surface area (Å²) < 4.78 is 5.21. The molecule has 3 rings (SSSR count). The van der Waals surface area contributed by atoms with Crippen LogP contribution in [-0.2, 0) is 0 Å². The van der Waals surface area contributed by atoms with E-state index in [2.05, 4.69) is 33.9 Å². The maximum atomic E-state index is 9.47. The van der Waals surface area contributed by atoms with Crippen molar-refractivity contribution in [2.45, 2.75) is 13.8 Å². The predicted molar refractivity (Wildman–Crippen MR) is 122 cm³/mol. The molecule has 0 saturated heterocycles. The van der Waals surface area contributed by atoms with Gasteiger partial charge in [-0.3, -0.25) is 0 Å². The van der Waals surface area contributed by atoms with Gasteiger partial charge in [0, 0.05) is 30.2 Å². The van der Waals surface area contributed by atoms with Crippen molar-refractivity contribution in [1.82, 2.24) is 10.3 Å². The van der Waals surface area contributed by atoms with Crippen molar-refractivity contribution in [3.05, 3.63) is 59.2 Å². The molecule has 1 aromatic heterocycles. The van der Waals surface area contributed by atoms with E-state index in [1.54, 1.807) is 7.11 Å². The van der Waals surface area contributed by atoms with Crippen LogP contribution in [0.1, 0.15) is 16.7 Å². The second-order valence-corrected chi connectivity index (χ2v) is 7.02. The number of rotatable bonds is 6. The van der Waals surface area contributed by atoms with Crippen LogP contribution in [0.15, 0.2) is 42.5 Å². The molecule has 0 unspecified atom stereocenters. The Bertz CT molecular complexity index is 1090. The Balaban J connectivity index is 1.60. The second-order valence-electron chi connectivity index (χ2n) is 6.62. The van der Waals surface area contributed by atoms with Gasteiger partial charge in [0.2, 0.25) is 0 Å². The maximum Gasteiger partial charge on any atom is 0.170 e. The number of nitrogens with zero attached hydrogens (tertiary/aromatic N) is 2. The zero-order chi connectivity index (χ0) is 20.8. The number of benzene rings is 2. The third-order valence-corrected chi connectivity index (χ3v) is 4.91. The summed E-state index contributed by atoms with van der Waals surface area (Å²) in [4.78, 5) is 4.69. The highest BCUT2D eigenvalue weighted by molar-refractivity contribution is 7.80. The molecule has 6 nitrogen and oxygen atoms in total. The van der Waals surface area contributed by atoms with Crippen molar-refractivity contribution in [2.75, 3.05) is 30.8 Å². The molecule has 1 heterocycles. The van der Waals surface area contributed by atoms with E-state index in [1.807, 2.05) is 49.4 Å². The lowest BCUT2D eigenvalue weighted by atomic mass is 10.0. The van der Waals surface area contributed by atoms with Gasteiger partial charge >= 0.3 is 0 Å². The standard InChI is InChI=1S/C22H23N5OS/c1-14-7-8-16-11-17(13-23)21(27-20(16)15(14)2)24-9-10-25-22(29)26-18-5-4-6-19(12-18)28-3/h4-8,11-12H,9-10H2,1-3H3,(H,24,27)(H2,25,26,29). The smallest absolute Gasteiger partial charge is 0.170 e. The first kappa shape index (κ1) is 20.4. The quantitative estimate of drug-likeness (QED) is 0.420. The first-order valence-electron chi connectivity index (χ1n) is 9.25. The van der Waals surface area contributed by atoms with Crippen molar-refractivity contribution in [3.63, 3.8) is 0 Å². The number of methoxy groups -OCH3 is 1. The summed E-state index contributed by atoms with van der Waals surface area (Å²) in [5.41, 5.74) is 4.59. The van der Waals surface area contributed by atoms with Crippen molar-refractivity contribution >= 4 is 39.7 Å². The Morgan fingerprint density at radius 3 is 2.76 bits per heavy atom. The minimum Gasteiger partial charge on any atom is -0.497 e. The van der Waals surface area contributed by atoms with E-state index in [0.717, 1.165) is 27.9 Å².